The molecule has 6 nitrogen and oxygen atoms in total. The second-order valence-electron chi connectivity index (χ2n) is 17.2. The van der Waals surface area contributed by atoms with Crippen molar-refractivity contribution in [2.75, 3.05) is 13.2 Å². The molecule has 0 aliphatic heterocycles. The van der Waals surface area contributed by atoms with Gasteiger partial charge in [-0.25, -0.2) is 0 Å². The van der Waals surface area contributed by atoms with Crippen LogP contribution >= 0.6 is 0 Å². The molecular formula is C58H96O6. The monoisotopic (exact) mass is 889 g/mol. The molecule has 0 aromatic heterocycles. The molecular weight excluding hydrogens is 793 g/mol. The zero-order chi connectivity index (χ0) is 46.5. The van der Waals surface area contributed by atoms with E-state index in [0.717, 1.165) is 128 Å². The fourth-order valence-electron chi connectivity index (χ4n) is 6.91. The number of carbonyl (C=O) groups excluding carboxylic acids is 3. The predicted octanol–water partition coefficient (Wildman–Crippen LogP) is 17.4. The number of hydrogen-bond acceptors (Lipinski definition) is 6. The quantitative estimate of drug-likeness (QED) is 0.0199. The average molecular weight is 889 g/mol. The van der Waals surface area contributed by atoms with E-state index in [2.05, 4.69) is 118 Å². The number of unbranched alkanes of at least 4 members (excludes halogenated alkanes) is 24. The molecule has 364 valence electrons. The summed E-state index contributed by atoms with van der Waals surface area (Å²) in [5.74, 6) is -0.960. The minimum Gasteiger partial charge on any atom is -0.462 e. The minimum absolute atomic E-state index is 0.101. The molecule has 0 amide bonds. The molecule has 0 saturated heterocycles. The lowest BCUT2D eigenvalue weighted by atomic mass is 10.1. The summed E-state index contributed by atoms with van der Waals surface area (Å²) < 4.78 is 16.7. The summed E-state index contributed by atoms with van der Waals surface area (Å²) in [6.07, 6.45) is 68.1. The fraction of sp³-hybridized carbons (Fsp3) is 0.672. The Balaban J connectivity index is 4.47. The molecule has 0 aliphatic rings. The molecule has 0 spiro atoms. The van der Waals surface area contributed by atoms with Crippen LogP contribution in [0.1, 0.15) is 233 Å². The number of hydrogen-bond donors (Lipinski definition) is 0. The van der Waals surface area contributed by atoms with Gasteiger partial charge in [0.05, 0.1) is 0 Å². The normalized spacial score (nSPS) is 12.9. The van der Waals surface area contributed by atoms with E-state index in [1.165, 1.54) is 64.2 Å². The van der Waals surface area contributed by atoms with E-state index in [-0.39, 0.29) is 31.1 Å². The van der Waals surface area contributed by atoms with Crippen LogP contribution in [0.5, 0.6) is 0 Å². The fourth-order valence-corrected chi connectivity index (χ4v) is 6.91. The lowest BCUT2D eigenvalue weighted by Crippen LogP contribution is -2.30. The van der Waals surface area contributed by atoms with Crippen LogP contribution in [-0.4, -0.2) is 37.2 Å². The zero-order valence-electron chi connectivity index (χ0n) is 41.5. The number of rotatable bonds is 46. The van der Waals surface area contributed by atoms with Gasteiger partial charge in [-0.2, -0.15) is 0 Å². The van der Waals surface area contributed by atoms with Crippen LogP contribution in [0.25, 0.3) is 0 Å². The topological polar surface area (TPSA) is 78.9 Å². The van der Waals surface area contributed by atoms with Gasteiger partial charge in [-0.3, -0.25) is 14.4 Å². The molecule has 1 atom stereocenters. The zero-order valence-corrected chi connectivity index (χ0v) is 41.5. The number of ether oxygens (including phenoxy) is 3. The summed E-state index contributed by atoms with van der Waals surface area (Å²) in [4.78, 5) is 38.0. The third-order valence-corrected chi connectivity index (χ3v) is 10.9. The minimum atomic E-state index is -0.803. The van der Waals surface area contributed by atoms with Crippen LogP contribution in [0.15, 0.2) is 97.2 Å². The molecule has 0 bridgehead atoms. The third-order valence-electron chi connectivity index (χ3n) is 10.9. The first-order valence-electron chi connectivity index (χ1n) is 26.3. The molecule has 0 radical (unpaired) electrons. The first-order valence-corrected chi connectivity index (χ1v) is 26.3. The lowest BCUT2D eigenvalue weighted by Gasteiger charge is -2.18. The Hall–Kier alpha value is -3.67. The van der Waals surface area contributed by atoms with Crippen LogP contribution in [0.2, 0.25) is 0 Å². The Morgan fingerprint density at radius 1 is 0.312 bits per heavy atom. The van der Waals surface area contributed by atoms with Gasteiger partial charge in [-0.15, -0.1) is 0 Å². The summed E-state index contributed by atoms with van der Waals surface area (Å²) in [5.41, 5.74) is 0. The number of carbonyl (C=O) groups is 3. The summed E-state index contributed by atoms with van der Waals surface area (Å²) in [5, 5.41) is 0. The SMILES string of the molecule is CCCC/C=C\CCCCCCC(=O)OCC(COC(=O)CCCCCCC\C=C/C=C\C=C/C=C\CCCCC)OC(=O)CCCCCCC\C=C/C=C\C=C/CCCCCCC. The highest BCUT2D eigenvalue weighted by atomic mass is 16.6. The van der Waals surface area contributed by atoms with Crippen LogP contribution in [0, 0.1) is 0 Å². The predicted molar refractivity (Wildman–Crippen MR) is 274 cm³/mol. The van der Waals surface area contributed by atoms with E-state index in [0.29, 0.717) is 19.3 Å². The molecule has 0 rings (SSSR count). The molecule has 0 aliphatic carbocycles. The summed E-state index contributed by atoms with van der Waals surface area (Å²) in [6.45, 7) is 6.48. The highest BCUT2D eigenvalue weighted by molar-refractivity contribution is 5.71. The average Bonchev–Trinajstić information content (AvgIpc) is 3.29. The molecule has 6 heteroatoms. The molecule has 0 fully saturated rings. The number of esters is 3. The van der Waals surface area contributed by atoms with Gasteiger partial charge in [-0.1, -0.05) is 221 Å². The van der Waals surface area contributed by atoms with Crippen LogP contribution in [-0.2, 0) is 28.6 Å². The van der Waals surface area contributed by atoms with Crippen molar-refractivity contribution in [2.24, 2.45) is 0 Å². The Bertz CT molecular complexity index is 1300. The van der Waals surface area contributed by atoms with Crippen molar-refractivity contribution in [3.63, 3.8) is 0 Å². The third kappa shape index (κ3) is 49.3. The van der Waals surface area contributed by atoms with Crippen LogP contribution in [0.4, 0.5) is 0 Å². The van der Waals surface area contributed by atoms with Crippen molar-refractivity contribution in [2.45, 2.75) is 239 Å². The van der Waals surface area contributed by atoms with Gasteiger partial charge in [-0.05, 0) is 89.9 Å². The number of allylic oxidation sites excluding steroid dienone is 16. The maximum atomic E-state index is 12.8. The second-order valence-corrected chi connectivity index (χ2v) is 17.2. The molecule has 1 unspecified atom stereocenters. The van der Waals surface area contributed by atoms with Crippen molar-refractivity contribution < 1.29 is 28.6 Å². The van der Waals surface area contributed by atoms with Crippen molar-refractivity contribution in [3.05, 3.63) is 97.2 Å². The smallest absolute Gasteiger partial charge is 0.306 e. The maximum absolute atomic E-state index is 12.8. The Kier molecular flexibility index (Phi) is 49.0. The molecule has 64 heavy (non-hydrogen) atoms. The second kappa shape index (κ2) is 52.0. The van der Waals surface area contributed by atoms with E-state index in [4.69, 9.17) is 14.2 Å². The van der Waals surface area contributed by atoms with Gasteiger partial charge in [0.1, 0.15) is 13.2 Å². The van der Waals surface area contributed by atoms with Gasteiger partial charge in [0.2, 0.25) is 0 Å². The first kappa shape index (κ1) is 60.3. The lowest BCUT2D eigenvalue weighted by molar-refractivity contribution is -0.167. The van der Waals surface area contributed by atoms with E-state index in [1.807, 2.05) is 0 Å². The maximum Gasteiger partial charge on any atom is 0.306 e. The molecule has 0 aromatic carbocycles. The van der Waals surface area contributed by atoms with Gasteiger partial charge in [0.25, 0.3) is 0 Å². The van der Waals surface area contributed by atoms with Crippen LogP contribution < -0.4 is 0 Å². The summed E-state index contributed by atoms with van der Waals surface area (Å²) in [7, 11) is 0. The van der Waals surface area contributed by atoms with Gasteiger partial charge in [0, 0.05) is 19.3 Å². The molecule has 0 N–H and O–H groups in total. The van der Waals surface area contributed by atoms with Gasteiger partial charge < -0.3 is 14.2 Å². The largest absolute Gasteiger partial charge is 0.462 e. The van der Waals surface area contributed by atoms with E-state index < -0.39 is 6.10 Å². The highest BCUT2D eigenvalue weighted by Crippen LogP contribution is 2.13. The van der Waals surface area contributed by atoms with Gasteiger partial charge >= 0.3 is 17.9 Å². The standard InChI is InChI=1S/C58H96O6/c1-4-7-10-13-16-19-22-24-26-28-30-32-34-36-39-42-45-48-51-57(60)63-54-55(53-62-56(59)50-47-44-41-38-21-18-15-12-9-6-3)64-58(61)52-49-46-43-40-37-35-33-31-29-27-25-23-20-17-14-11-8-5-2/h15-16,18-19,22-33,55H,4-14,17,20-21,34-54H2,1-3H3/b18-15-,19-16-,24-22-,25-23-,28-26-,29-27-,32-30-,33-31-. The van der Waals surface area contributed by atoms with E-state index >= 15 is 0 Å². The molecule has 0 heterocycles. The van der Waals surface area contributed by atoms with E-state index in [9.17, 15) is 14.4 Å². The van der Waals surface area contributed by atoms with Crippen molar-refractivity contribution in [1.82, 2.24) is 0 Å². The van der Waals surface area contributed by atoms with Crippen LogP contribution in [0.3, 0.4) is 0 Å². The highest BCUT2D eigenvalue weighted by Gasteiger charge is 2.19. The Labute approximate surface area is 394 Å². The van der Waals surface area contributed by atoms with Crippen molar-refractivity contribution >= 4 is 17.9 Å². The van der Waals surface area contributed by atoms with Crippen molar-refractivity contribution in [1.29, 1.82) is 0 Å². The Morgan fingerprint density at radius 3 is 1.00 bits per heavy atom. The van der Waals surface area contributed by atoms with E-state index in [1.54, 1.807) is 0 Å². The summed E-state index contributed by atoms with van der Waals surface area (Å²) in [6, 6.07) is 0. The Morgan fingerprint density at radius 2 is 0.594 bits per heavy atom. The first-order chi connectivity index (χ1) is 31.5. The van der Waals surface area contributed by atoms with Gasteiger partial charge in [0.15, 0.2) is 6.10 Å². The summed E-state index contributed by atoms with van der Waals surface area (Å²) >= 11 is 0. The molecule has 0 aromatic rings. The van der Waals surface area contributed by atoms with Crippen molar-refractivity contribution in [3.8, 4) is 0 Å². The molecule has 0 saturated carbocycles.